The van der Waals surface area contributed by atoms with Gasteiger partial charge in [0.2, 0.25) is 0 Å². The van der Waals surface area contributed by atoms with Crippen LogP contribution in [-0.4, -0.2) is 36.8 Å². The number of carbonyl (C=O) groups excluding carboxylic acids is 1. The Kier molecular flexibility index (Phi) is 10.2. The highest BCUT2D eigenvalue weighted by Gasteiger charge is 2.40. The Hall–Kier alpha value is -2.83. The van der Waals surface area contributed by atoms with Gasteiger partial charge in [0.15, 0.2) is 0 Å². The van der Waals surface area contributed by atoms with Crippen LogP contribution in [0.5, 0.6) is 0 Å². The number of Topliss-reactive ketones (excluding diaryl/α,β-unsaturated/α-hetero) is 1. The normalized spacial score (nSPS) is 21.8. The van der Waals surface area contributed by atoms with Gasteiger partial charge in [0.25, 0.3) is 0 Å². The summed E-state index contributed by atoms with van der Waals surface area (Å²) in [5.74, 6) is 0.166. The first kappa shape index (κ1) is 26.2. The second-order valence-electron chi connectivity index (χ2n) is 9.37. The first-order valence-corrected chi connectivity index (χ1v) is 12.7. The summed E-state index contributed by atoms with van der Waals surface area (Å²) in [5.41, 5.74) is 3.32. The molecule has 5 heteroatoms. The highest BCUT2D eigenvalue weighted by Crippen LogP contribution is 2.30. The minimum absolute atomic E-state index is 0.0865. The van der Waals surface area contributed by atoms with Gasteiger partial charge in [0.05, 0.1) is 38.6 Å². The third kappa shape index (κ3) is 8.38. The zero-order chi connectivity index (χ0) is 25.0. The highest BCUT2D eigenvalue weighted by atomic mass is 16.6. The van der Waals surface area contributed by atoms with Crippen LogP contribution in [-0.2, 0) is 43.6 Å². The molecule has 1 aliphatic rings. The van der Waals surface area contributed by atoms with Gasteiger partial charge in [-0.3, -0.25) is 0 Å². The van der Waals surface area contributed by atoms with E-state index in [2.05, 4.69) is 24.3 Å². The van der Waals surface area contributed by atoms with Crippen LogP contribution in [0.15, 0.2) is 91.0 Å². The molecule has 1 saturated heterocycles. The van der Waals surface area contributed by atoms with E-state index in [0.29, 0.717) is 45.7 Å². The van der Waals surface area contributed by atoms with E-state index in [9.17, 15) is 4.79 Å². The molecule has 0 unspecified atom stereocenters. The first-order chi connectivity index (χ1) is 17.7. The minimum Gasteiger partial charge on any atom is -0.374 e. The van der Waals surface area contributed by atoms with E-state index in [-0.39, 0.29) is 30.2 Å². The number of carbonyl (C=O) groups is 1. The van der Waals surface area contributed by atoms with Gasteiger partial charge in [-0.1, -0.05) is 91.0 Å². The van der Waals surface area contributed by atoms with Crippen molar-refractivity contribution in [3.8, 4) is 0 Å². The summed E-state index contributed by atoms with van der Waals surface area (Å²) < 4.78 is 25.5. The average molecular weight is 489 g/mol. The van der Waals surface area contributed by atoms with Crippen molar-refractivity contribution in [2.45, 2.75) is 70.4 Å². The van der Waals surface area contributed by atoms with Gasteiger partial charge in [0.1, 0.15) is 18.0 Å². The molecule has 0 aromatic heterocycles. The van der Waals surface area contributed by atoms with Crippen molar-refractivity contribution in [2.75, 3.05) is 6.61 Å². The molecule has 4 rings (SSSR count). The van der Waals surface area contributed by atoms with Gasteiger partial charge in [0, 0.05) is 12.8 Å². The Morgan fingerprint density at radius 3 is 1.86 bits per heavy atom. The summed E-state index contributed by atoms with van der Waals surface area (Å²) >= 11 is 0. The third-order valence-electron chi connectivity index (χ3n) is 6.40. The number of ketones is 1. The largest absolute Gasteiger partial charge is 0.374 e. The Labute approximate surface area is 214 Å². The molecule has 0 aliphatic carbocycles. The molecule has 3 aromatic carbocycles. The fourth-order valence-electron chi connectivity index (χ4n) is 4.49. The number of benzene rings is 3. The molecule has 1 heterocycles. The molecule has 0 amide bonds. The minimum atomic E-state index is -0.302. The lowest BCUT2D eigenvalue weighted by Crippen LogP contribution is -2.52. The van der Waals surface area contributed by atoms with Crippen molar-refractivity contribution in [1.82, 2.24) is 0 Å². The maximum atomic E-state index is 11.7. The predicted octanol–water partition coefficient (Wildman–Crippen LogP) is 5.90. The van der Waals surface area contributed by atoms with Gasteiger partial charge < -0.3 is 23.7 Å². The van der Waals surface area contributed by atoms with E-state index in [0.717, 1.165) is 16.7 Å². The molecule has 0 N–H and O–H groups in total. The summed E-state index contributed by atoms with van der Waals surface area (Å²) in [7, 11) is 0. The van der Waals surface area contributed by atoms with Crippen molar-refractivity contribution < 1.29 is 23.7 Å². The van der Waals surface area contributed by atoms with Crippen LogP contribution in [0.2, 0.25) is 0 Å². The summed E-state index contributed by atoms with van der Waals surface area (Å²) in [6.07, 6.45) is 0.975. The van der Waals surface area contributed by atoms with Crippen LogP contribution in [0.25, 0.3) is 0 Å². The zero-order valence-electron chi connectivity index (χ0n) is 21.0. The molecule has 0 bridgehead atoms. The van der Waals surface area contributed by atoms with E-state index >= 15 is 0 Å². The molecule has 0 radical (unpaired) electrons. The van der Waals surface area contributed by atoms with Crippen molar-refractivity contribution >= 4 is 5.78 Å². The lowest BCUT2D eigenvalue weighted by Gasteiger charge is -2.41. The standard InChI is InChI=1S/C31H36O5/c1-24(32)17-18-28-19-29(34-21-26-13-7-3-8-14-26)31(35-22-27-15-9-4-10-16-27)30(36-28)23-33-20-25-11-5-2-6-12-25/h2-16,28-31H,17-23H2,1H3/t28-,29+,30+,31-/m0/s1. The number of hydrogen-bond acceptors (Lipinski definition) is 5. The maximum Gasteiger partial charge on any atom is 0.129 e. The molecule has 1 aliphatic heterocycles. The Morgan fingerprint density at radius 1 is 0.778 bits per heavy atom. The monoisotopic (exact) mass is 488 g/mol. The molecular formula is C31H36O5. The Balaban J connectivity index is 1.47. The molecule has 0 saturated carbocycles. The topological polar surface area (TPSA) is 54.0 Å². The fourth-order valence-corrected chi connectivity index (χ4v) is 4.49. The van der Waals surface area contributed by atoms with Crippen molar-refractivity contribution in [1.29, 1.82) is 0 Å². The van der Waals surface area contributed by atoms with Gasteiger partial charge in [-0.05, 0) is 30.0 Å². The second-order valence-corrected chi connectivity index (χ2v) is 9.37. The van der Waals surface area contributed by atoms with Gasteiger partial charge >= 0.3 is 0 Å². The van der Waals surface area contributed by atoms with Crippen LogP contribution >= 0.6 is 0 Å². The van der Waals surface area contributed by atoms with Gasteiger partial charge in [-0.15, -0.1) is 0 Å². The summed E-state index contributed by atoms with van der Waals surface area (Å²) in [6, 6.07) is 30.4. The Morgan fingerprint density at radius 2 is 1.31 bits per heavy atom. The summed E-state index contributed by atoms with van der Waals surface area (Å²) in [4.78, 5) is 11.7. The van der Waals surface area contributed by atoms with Gasteiger partial charge in [-0.2, -0.15) is 0 Å². The molecule has 190 valence electrons. The lowest BCUT2D eigenvalue weighted by molar-refractivity contribution is -0.221. The van der Waals surface area contributed by atoms with Crippen LogP contribution in [0.3, 0.4) is 0 Å². The van der Waals surface area contributed by atoms with E-state index in [1.807, 2.05) is 66.7 Å². The summed E-state index contributed by atoms with van der Waals surface area (Å²) in [5, 5.41) is 0. The predicted molar refractivity (Wildman–Crippen MR) is 139 cm³/mol. The van der Waals surface area contributed by atoms with E-state index in [4.69, 9.17) is 18.9 Å². The molecule has 1 fully saturated rings. The van der Waals surface area contributed by atoms with E-state index < -0.39 is 0 Å². The van der Waals surface area contributed by atoms with Crippen LogP contribution in [0, 0.1) is 0 Å². The smallest absolute Gasteiger partial charge is 0.129 e. The van der Waals surface area contributed by atoms with Crippen molar-refractivity contribution in [2.24, 2.45) is 0 Å². The van der Waals surface area contributed by atoms with Crippen molar-refractivity contribution in [3.63, 3.8) is 0 Å². The number of ether oxygens (including phenoxy) is 4. The third-order valence-corrected chi connectivity index (χ3v) is 6.40. The average Bonchev–Trinajstić information content (AvgIpc) is 2.92. The van der Waals surface area contributed by atoms with Crippen LogP contribution in [0.4, 0.5) is 0 Å². The molecule has 5 nitrogen and oxygen atoms in total. The maximum absolute atomic E-state index is 11.7. The lowest BCUT2D eigenvalue weighted by atomic mass is 9.94. The molecule has 4 atom stereocenters. The fraction of sp³-hybridized carbons (Fsp3) is 0.387. The molecule has 0 spiro atoms. The highest BCUT2D eigenvalue weighted by molar-refractivity contribution is 5.75. The van der Waals surface area contributed by atoms with E-state index in [1.165, 1.54) is 0 Å². The van der Waals surface area contributed by atoms with E-state index in [1.54, 1.807) is 6.92 Å². The quantitative estimate of drug-likeness (QED) is 0.300. The van der Waals surface area contributed by atoms with Crippen molar-refractivity contribution in [3.05, 3.63) is 108 Å². The Bertz CT molecular complexity index is 1020. The summed E-state index contributed by atoms with van der Waals surface area (Å²) in [6.45, 7) is 3.47. The number of rotatable bonds is 13. The second kappa shape index (κ2) is 14.0. The van der Waals surface area contributed by atoms with Crippen LogP contribution in [0.1, 0.15) is 42.9 Å². The molecular weight excluding hydrogens is 452 g/mol. The zero-order valence-corrected chi connectivity index (χ0v) is 21.0. The van der Waals surface area contributed by atoms with Gasteiger partial charge in [-0.25, -0.2) is 0 Å². The van der Waals surface area contributed by atoms with Crippen LogP contribution < -0.4 is 0 Å². The molecule has 3 aromatic rings. The SMILES string of the molecule is CC(=O)CC[C@H]1C[C@@H](OCc2ccccc2)[C@H](OCc2ccccc2)[C@@H](COCc2ccccc2)O1. The first-order valence-electron chi connectivity index (χ1n) is 12.7. The molecule has 36 heavy (non-hydrogen) atoms. The number of hydrogen-bond donors (Lipinski definition) is 0.